The molecule has 0 bridgehead atoms. The van der Waals surface area contributed by atoms with Crippen molar-refractivity contribution < 1.29 is 9.47 Å². The summed E-state index contributed by atoms with van der Waals surface area (Å²) in [5.41, 5.74) is 1.26. The quantitative estimate of drug-likeness (QED) is 0.827. The van der Waals surface area contributed by atoms with Crippen LogP contribution in [0.2, 0.25) is 0 Å². The molecule has 3 heteroatoms. The van der Waals surface area contributed by atoms with Crippen LogP contribution in [0.5, 0.6) is 11.5 Å². The Labute approximate surface area is 135 Å². The molecule has 0 heterocycles. The lowest BCUT2D eigenvalue weighted by Crippen LogP contribution is -2.29. The molecule has 0 radical (unpaired) electrons. The summed E-state index contributed by atoms with van der Waals surface area (Å²) in [7, 11) is 1.70. The third-order valence-corrected chi connectivity index (χ3v) is 4.29. The molecule has 2 rings (SSSR count). The van der Waals surface area contributed by atoms with Gasteiger partial charge in [-0.05, 0) is 44.4 Å². The second-order valence-corrected chi connectivity index (χ2v) is 6.57. The molecule has 3 nitrogen and oxygen atoms in total. The average molecular weight is 305 g/mol. The minimum atomic E-state index is 0.160. The monoisotopic (exact) mass is 305 g/mol. The van der Waals surface area contributed by atoms with Gasteiger partial charge in [0.2, 0.25) is 0 Å². The molecule has 1 aliphatic rings. The van der Waals surface area contributed by atoms with Gasteiger partial charge in [0.05, 0.1) is 13.2 Å². The molecular formula is C19H31NO2. The second-order valence-electron chi connectivity index (χ2n) is 6.57. The van der Waals surface area contributed by atoms with E-state index in [1.54, 1.807) is 7.11 Å². The van der Waals surface area contributed by atoms with Crippen LogP contribution in [0.1, 0.15) is 64.4 Å². The maximum atomic E-state index is 5.77. The van der Waals surface area contributed by atoms with E-state index < -0.39 is 0 Å². The highest BCUT2D eigenvalue weighted by atomic mass is 16.5. The zero-order valence-electron chi connectivity index (χ0n) is 14.4. The summed E-state index contributed by atoms with van der Waals surface area (Å²) >= 11 is 0. The molecule has 0 unspecified atom stereocenters. The molecule has 1 aliphatic carbocycles. The van der Waals surface area contributed by atoms with Crippen LogP contribution in [0.25, 0.3) is 0 Å². The van der Waals surface area contributed by atoms with Gasteiger partial charge in [-0.2, -0.15) is 0 Å². The Morgan fingerprint density at radius 1 is 1.05 bits per heavy atom. The van der Waals surface area contributed by atoms with Crippen LogP contribution >= 0.6 is 0 Å². The zero-order chi connectivity index (χ0) is 15.8. The Kier molecular flexibility index (Phi) is 7.04. The number of nitrogens with one attached hydrogen (secondary N) is 1. The van der Waals surface area contributed by atoms with Crippen molar-refractivity contribution in [3.63, 3.8) is 0 Å². The third kappa shape index (κ3) is 5.53. The van der Waals surface area contributed by atoms with E-state index in [0.29, 0.717) is 6.04 Å². The predicted octanol–water partition coefficient (Wildman–Crippen LogP) is 4.68. The summed E-state index contributed by atoms with van der Waals surface area (Å²) < 4.78 is 11.2. The predicted molar refractivity (Wildman–Crippen MR) is 91.7 cm³/mol. The molecule has 1 fully saturated rings. The third-order valence-electron chi connectivity index (χ3n) is 4.29. The van der Waals surface area contributed by atoms with Crippen LogP contribution in [-0.2, 0) is 6.54 Å². The van der Waals surface area contributed by atoms with E-state index in [0.717, 1.165) is 18.0 Å². The largest absolute Gasteiger partial charge is 0.493 e. The minimum Gasteiger partial charge on any atom is -0.493 e. The van der Waals surface area contributed by atoms with Gasteiger partial charge in [0.1, 0.15) is 0 Å². The Morgan fingerprint density at radius 3 is 2.36 bits per heavy atom. The number of benzene rings is 1. The first-order valence-electron chi connectivity index (χ1n) is 8.76. The lowest BCUT2D eigenvalue weighted by atomic mass is 9.96. The lowest BCUT2D eigenvalue weighted by Gasteiger charge is -2.21. The minimum absolute atomic E-state index is 0.160. The van der Waals surface area contributed by atoms with Gasteiger partial charge in [0.25, 0.3) is 0 Å². The molecule has 124 valence electrons. The van der Waals surface area contributed by atoms with Crippen LogP contribution in [-0.4, -0.2) is 19.3 Å². The summed E-state index contributed by atoms with van der Waals surface area (Å²) in [6.07, 6.45) is 9.72. The number of rotatable bonds is 6. The van der Waals surface area contributed by atoms with E-state index in [1.165, 1.54) is 50.5 Å². The molecule has 1 aromatic carbocycles. The van der Waals surface area contributed by atoms with Gasteiger partial charge in [0.15, 0.2) is 11.5 Å². The number of methoxy groups -OCH3 is 1. The Bertz CT molecular complexity index is 437. The molecular weight excluding hydrogens is 274 g/mol. The molecule has 1 saturated carbocycles. The summed E-state index contributed by atoms with van der Waals surface area (Å²) in [6, 6.07) is 6.91. The van der Waals surface area contributed by atoms with Crippen molar-refractivity contribution >= 4 is 0 Å². The van der Waals surface area contributed by atoms with E-state index in [-0.39, 0.29) is 6.10 Å². The van der Waals surface area contributed by atoms with Gasteiger partial charge in [-0.3, -0.25) is 0 Å². The van der Waals surface area contributed by atoms with Crippen molar-refractivity contribution in [1.29, 1.82) is 0 Å². The van der Waals surface area contributed by atoms with Crippen molar-refractivity contribution in [2.45, 2.75) is 77.5 Å². The maximum Gasteiger partial charge on any atom is 0.161 e. The van der Waals surface area contributed by atoms with Gasteiger partial charge in [-0.1, -0.05) is 38.2 Å². The summed E-state index contributed by atoms with van der Waals surface area (Å²) in [4.78, 5) is 0. The molecule has 0 spiro atoms. The highest BCUT2D eigenvalue weighted by Crippen LogP contribution is 2.29. The van der Waals surface area contributed by atoms with Crippen LogP contribution < -0.4 is 14.8 Å². The van der Waals surface area contributed by atoms with Crippen LogP contribution in [0.3, 0.4) is 0 Å². The summed E-state index contributed by atoms with van der Waals surface area (Å²) in [5.74, 6) is 1.65. The Hall–Kier alpha value is -1.22. The van der Waals surface area contributed by atoms with E-state index in [1.807, 2.05) is 19.9 Å². The van der Waals surface area contributed by atoms with Crippen LogP contribution in [0.4, 0.5) is 0 Å². The van der Waals surface area contributed by atoms with Gasteiger partial charge >= 0.3 is 0 Å². The fourth-order valence-electron chi connectivity index (χ4n) is 3.10. The molecule has 0 aromatic heterocycles. The first kappa shape index (κ1) is 17.1. The topological polar surface area (TPSA) is 30.5 Å². The fraction of sp³-hybridized carbons (Fsp3) is 0.684. The smallest absolute Gasteiger partial charge is 0.161 e. The normalized spacial score (nSPS) is 17.1. The molecule has 0 aliphatic heterocycles. The molecule has 0 atom stereocenters. The van der Waals surface area contributed by atoms with Crippen molar-refractivity contribution in [1.82, 2.24) is 5.32 Å². The zero-order valence-corrected chi connectivity index (χ0v) is 14.4. The maximum absolute atomic E-state index is 5.77. The fourth-order valence-corrected chi connectivity index (χ4v) is 3.10. The molecule has 22 heavy (non-hydrogen) atoms. The van der Waals surface area contributed by atoms with Crippen molar-refractivity contribution in [2.75, 3.05) is 7.11 Å². The average Bonchev–Trinajstić information content (AvgIpc) is 2.46. The number of hydrogen-bond donors (Lipinski definition) is 1. The SMILES string of the molecule is COc1cc(CNC2CCCCCCC2)ccc1OC(C)C. The Balaban J connectivity index is 1.91. The van der Waals surface area contributed by atoms with Crippen LogP contribution in [0.15, 0.2) is 18.2 Å². The van der Waals surface area contributed by atoms with Gasteiger partial charge in [-0.25, -0.2) is 0 Å². The lowest BCUT2D eigenvalue weighted by molar-refractivity contribution is 0.230. The van der Waals surface area contributed by atoms with Gasteiger partial charge in [-0.15, -0.1) is 0 Å². The first-order chi connectivity index (χ1) is 10.7. The molecule has 1 N–H and O–H groups in total. The molecule has 0 saturated heterocycles. The van der Waals surface area contributed by atoms with Crippen molar-refractivity contribution in [2.24, 2.45) is 0 Å². The van der Waals surface area contributed by atoms with Gasteiger partial charge < -0.3 is 14.8 Å². The molecule has 1 aromatic rings. The van der Waals surface area contributed by atoms with E-state index >= 15 is 0 Å². The number of hydrogen-bond acceptors (Lipinski definition) is 3. The van der Waals surface area contributed by atoms with Crippen molar-refractivity contribution in [3.8, 4) is 11.5 Å². The Morgan fingerprint density at radius 2 is 1.73 bits per heavy atom. The summed E-state index contributed by atoms with van der Waals surface area (Å²) in [5, 5.41) is 3.72. The van der Waals surface area contributed by atoms with E-state index in [2.05, 4.69) is 17.4 Å². The highest BCUT2D eigenvalue weighted by molar-refractivity contribution is 5.43. The first-order valence-corrected chi connectivity index (χ1v) is 8.76. The van der Waals surface area contributed by atoms with Crippen LogP contribution in [0, 0.1) is 0 Å². The second kappa shape index (κ2) is 9.04. The number of ether oxygens (including phenoxy) is 2. The van der Waals surface area contributed by atoms with Gasteiger partial charge in [0, 0.05) is 12.6 Å². The molecule has 0 amide bonds. The van der Waals surface area contributed by atoms with E-state index in [4.69, 9.17) is 9.47 Å². The summed E-state index contributed by atoms with van der Waals surface area (Å²) in [6.45, 7) is 4.97. The van der Waals surface area contributed by atoms with Crippen molar-refractivity contribution in [3.05, 3.63) is 23.8 Å². The van der Waals surface area contributed by atoms with E-state index in [9.17, 15) is 0 Å². The standard InChI is InChI=1S/C19H31NO2/c1-15(2)22-18-12-11-16(13-19(18)21-3)14-20-17-9-7-5-4-6-8-10-17/h11-13,15,17,20H,4-10,14H2,1-3H3. The highest BCUT2D eigenvalue weighted by Gasteiger charge is 2.12.